The molecule has 0 bridgehead atoms. The number of carbonyl (C=O) groups is 1. The minimum Gasteiger partial charge on any atom is -0.280 e. The van der Waals surface area contributed by atoms with Crippen LogP contribution >= 0.6 is 11.9 Å². The fourth-order valence-corrected chi connectivity index (χ4v) is 1.33. The van der Waals surface area contributed by atoms with Crippen LogP contribution in [-0.2, 0) is 0 Å². The topological polar surface area (TPSA) is 66.4 Å². The van der Waals surface area contributed by atoms with Crippen molar-refractivity contribution in [3.05, 3.63) is 30.1 Å². The fraction of sp³-hybridized carbons (Fsp3) is 0.300. The third-order valence-electron chi connectivity index (χ3n) is 1.52. The molecule has 1 rings (SSSR count). The van der Waals surface area contributed by atoms with E-state index in [4.69, 9.17) is 0 Å². The van der Waals surface area contributed by atoms with Crippen LogP contribution in [0.5, 0.6) is 0 Å². The van der Waals surface area contributed by atoms with Crippen molar-refractivity contribution >= 4 is 24.2 Å². The van der Waals surface area contributed by atoms with Crippen LogP contribution in [0.2, 0.25) is 0 Å². The van der Waals surface area contributed by atoms with Gasteiger partial charge in [-0.05, 0) is 30.5 Å². The van der Waals surface area contributed by atoms with Gasteiger partial charge in [-0.2, -0.15) is 5.10 Å². The summed E-state index contributed by atoms with van der Waals surface area (Å²) in [6, 6.07) is 5.14. The maximum atomic E-state index is 11.1. The van der Waals surface area contributed by atoms with Crippen LogP contribution in [0.3, 0.4) is 0 Å². The van der Waals surface area contributed by atoms with Crippen molar-refractivity contribution in [1.82, 2.24) is 15.1 Å². The highest BCUT2D eigenvalue weighted by molar-refractivity contribution is 7.97. The summed E-state index contributed by atoms with van der Waals surface area (Å²) in [5, 5.41) is 3.76. The molecule has 0 radical (unpaired) electrons. The van der Waals surface area contributed by atoms with E-state index in [0.717, 1.165) is 12.2 Å². The fourth-order valence-electron chi connectivity index (χ4n) is 0.851. The molecule has 1 aromatic heterocycles. The number of nitrogens with one attached hydrogen (secondary N) is 2. The van der Waals surface area contributed by atoms with Gasteiger partial charge >= 0.3 is 6.03 Å². The Labute approximate surface area is 98.9 Å². The van der Waals surface area contributed by atoms with Gasteiger partial charge in [0.15, 0.2) is 0 Å². The Morgan fingerprint density at radius 2 is 2.50 bits per heavy atom. The van der Waals surface area contributed by atoms with E-state index in [1.165, 1.54) is 18.2 Å². The van der Waals surface area contributed by atoms with E-state index < -0.39 is 0 Å². The van der Waals surface area contributed by atoms with Crippen LogP contribution in [0.25, 0.3) is 0 Å². The van der Waals surface area contributed by atoms with Gasteiger partial charge in [0.2, 0.25) is 0 Å². The van der Waals surface area contributed by atoms with E-state index in [0.29, 0.717) is 5.69 Å². The molecule has 0 fully saturated rings. The van der Waals surface area contributed by atoms with Gasteiger partial charge in [-0.3, -0.25) is 9.71 Å². The summed E-state index contributed by atoms with van der Waals surface area (Å²) in [5.41, 5.74) is 3.05. The Kier molecular flexibility index (Phi) is 6.02. The van der Waals surface area contributed by atoms with Crippen LogP contribution in [-0.4, -0.2) is 23.0 Å². The number of nitrogens with zero attached hydrogens (tertiary/aromatic N) is 2. The zero-order valence-electron chi connectivity index (χ0n) is 9.01. The van der Waals surface area contributed by atoms with Crippen LogP contribution in [0.1, 0.15) is 19.0 Å². The molecule has 86 valence electrons. The van der Waals surface area contributed by atoms with Crippen molar-refractivity contribution < 1.29 is 4.79 Å². The Hall–Kier alpha value is -1.56. The second-order valence-corrected chi connectivity index (χ2v) is 3.81. The zero-order valence-corrected chi connectivity index (χ0v) is 9.83. The minimum atomic E-state index is -0.328. The zero-order chi connectivity index (χ0) is 11.6. The molecular weight excluding hydrogens is 224 g/mol. The minimum absolute atomic E-state index is 0.328. The standard InChI is InChI=1S/C10H14N4OS/c1-2-7-16-14-10(15)13-12-8-9-5-3-4-6-11-9/h3-6,8H,2,7H2,1H3,(H2,13,14,15)/b12-8+. The first kappa shape index (κ1) is 12.5. The summed E-state index contributed by atoms with van der Waals surface area (Å²) in [7, 11) is 0. The first-order valence-corrected chi connectivity index (χ1v) is 5.93. The van der Waals surface area contributed by atoms with Crippen molar-refractivity contribution in [2.75, 3.05) is 5.75 Å². The summed E-state index contributed by atoms with van der Waals surface area (Å²) in [5.74, 6) is 0.886. The average molecular weight is 238 g/mol. The number of hydrogen-bond acceptors (Lipinski definition) is 4. The molecule has 0 aromatic carbocycles. The number of hydrogen-bond donors (Lipinski definition) is 2. The lowest BCUT2D eigenvalue weighted by Gasteiger charge is -2.00. The van der Waals surface area contributed by atoms with Crippen LogP contribution in [0, 0.1) is 0 Å². The van der Waals surface area contributed by atoms with E-state index >= 15 is 0 Å². The van der Waals surface area contributed by atoms with Gasteiger partial charge in [0.05, 0.1) is 11.9 Å². The molecule has 2 amide bonds. The second kappa shape index (κ2) is 7.70. The number of carbonyl (C=O) groups excluding carboxylic acids is 1. The summed E-state index contributed by atoms with van der Waals surface area (Å²) < 4.78 is 2.60. The number of pyridine rings is 1. The largest absolute Gasteiger partial charge is 0.345 e. The molecule has 5 nitrogen and oxygen atoms in total. The number of urea groups is 1. The van der Waals surface area contributed by atoms with Crippen molar-refractivity contribution in [1.29, 1.82) is 0 Å². The Balaban J connectivity index is 2.24. The summed E-state index contributed by atoms with van der Waals surface area (Å²) >= 11 is 1.36. The SMILES string of the molecule is CCCSNC(=O)N/N=C/c1ccccn1. The number of amides is 2. The normalized spacial score (nSPS) is 10.3. The van der Waals surface area contributed by atoms with Gasteiger partial charge in [0.1, 0.15) is 0 Å². The molecule has 0 aliphatic heterocycles. The highest BCUT2D eigenvalue weighted by atomic mass is 32.2. The molecule has 0 spiro atoms. The van der Waals surface area contributed by atoms with Gasteiger partial charge in [-0.15, -0.1) is 0 Å². The van der Waals surface area contributed by atoms with E-state index in [-0.39, 0.29) is 6.03 Å². The molecule has 0 saturated heterocycles. The maximum absolute atomic E-state index is 11.1. The predicted molar refractivity (Wildman–Crippen MR) is 66.2 cm³/mol. The molecule has 16 heavy (non-hydrogen) atoms. The van der Waals surface area contributed by atoms with Crippen LogP contribution in [0.15, 0.2) is 29.5 Å². The van der Waals surface area contributed by atoms with Gasteiger partial charge in [0, 0.05) is 11.9 Å². The molecule has 0 unspecified atom stereocenters. The van der Waals surface area contributed by atoms with Crippen LogP contribution in [0.4, 0.5) is 4.79 Å². The third kappa shape index (κ3) is 5.35. The molecule has 6 heteroatoms. The van der Waals surface area contributed by atoms with Gasteiger partial charge in [-0.25, -0.2) is 10.2 Å². The smallest absolute Gasteiger partial charge is 0.280 e. The predicted octanol–water partition coefficient (Wildman–Crippen LogP) is 1.77. The van der Waals surface area contributed by atoms with Gasteiger partial charge in [0.25, 0.3) is 0 Å². The van der Waals surface area contributed by atoms with E-state index in [9.17, 15) is 4.79 Å². The Morgan fingerprint density at radius 1 is 1.62 bits per heavy atom. The van der Waals surface area contributed by atoms with E-state index in [1.54, 1.807) is 12.3 Å². The summed E-state index contributed by atoms with van der Waals surface area (Å²) in [6.45, 7) is 2.05. The highest BCUT2D eigenvalue weighted by Gasteiger charge is 1.95. The Bertz CT molecular complexity index is 342. The maximum Gasteiger partial charge on any atom is 0.345 e. The molecule has 0 atom stereocenters. The monoisotopic (exact) mass is 238 g/mol. The van der Waals surface area contributed by atoms with E-state index in [1.807, 2.05) is 19.1 Å². The van der Waals surface area contributed by atoms with Crippen molar-refractivity contribution in [2.24, 2.45) is 5.10 Å². The molecule has 0 saturated carbocycles. The van der Waals surface area contributed by atoms with E-state index in [2.05, 4.69) is 20.2 Å². The molecular formula is C10H14N4OS. The second-order valence-electron chi connectivity index (χ2n) is 2.90. The quantitative estimate of drug-likeness (QED) is 0.355. The molecule has 2 N–H and O–H groups in total. The van der Waals surface area contributed by atoms with Crippen molar-refractivity contribution in [3.8, 4) is 0 Å². The third-order valence-corrected chi connectivity index (χ3v) is 2.46. The van der Waals surface area contributed by atoms with Gasteiger partial charge in [-0.1, -0.05) is 13.0 Å². The molecule has 0 aliphatic rings. The van der Waals surface area contributed by atoms with Crippen molar-refractivity contribution in [2.45, 2.75) is 13.3 Å². The summed E-state index contributed by atoms with van der Waals surface area (Å²) in [6.07, 6.45) is 4.17. The van der Waals surface area contributed by atoms with Crippen LogP contribution < -0.4 is 10.1 Å². The average Bonchev–Trinajstić information content (AvgIpc) is 2.31. The molecule has 1 aromatic rings. The lowest BCUT2D eigenvalue weighted by atomic mass is 10.4. The Morgan fingerprint density at radius 3 is 3.19 bits per heavy atom. The number of aromatic nitrogens is 1. The molecule has 1 heterocycles. The van der Waals surface area contributed by atoms with Gasteiger partial charge < -0.3 is 0 Å². The lowest BCUT2D eigenvalue weighted by molar-refractivity contribution is 0.247. The first-order valence-electron chi connectivity index (χ1n) is 4.94. The number of rotatable bonds is 5. The molecule has 0 aliphatic carbocycles. The first-order chi connectivity index (χ1) is 7.83. The summed E-state index contributed by atoms with van der Waals surface area (Å²) in [4.78, 5) is 15.2. The van der Waals surface area contributed by atoms with Crippen molar-refractivity contribution in [3.63, 3.8) is 0 Å². The highest BCUT2D eigenvalue weighted by Crippen LogP contribution is 1.94. The lowest BCUT2D eigenvalue weighted by Crippen LogP contribution is -2.27. The number of hydrazone groups is 1.